The lowest BCUT2D eigenvalue weighted by Gasteiger charge is -2.18. The van der Waals surface area contributed by atoms with E-state index in [9.17, 15) is 19.5 Å². The lowest BCUT2D eigenvalue weighted by Crippen LogP contribution is -2.29. The summed E-state index contributed by atoms with van der Waals surface area (Å²) in [6, 6.07) is 4.61. The van der Waals surface area contributed by atoms with E-state index in [1.807, 2.05) is 0 Å². The predicted molar refractivity (Wildman–Crippen MR) is 129 cm³/mol. The van der Waals surface area contributed by atoms with Gasteiger partial charge in [0.2, 0.25) is 0 Å². The van der Waals surface area contributed by atoms with E-state index in [1.54, 1.807) is 19.1 Å². The van der Waals surface area contributed by atoms with E-state index >= 15 is 0 Å². The monoisotopic (exact) mass is 487 g/mol. The molecule has 0 fully saturated rings. The van der Waals surface area contributed by atoms with Crippen molar-refractivity contribution in [2.24, 2.45) is 5.92 Å². The molecule has 1 heterocycles. The summed E-state index contributed by atoms with van der Waals surface area (Å²) in [6.07, 6.45) is 4.16. The Morgan fingerprint density at radius 1 is 1.32 bits per heavy atom. The van der Waals surface area contributed by atoms with E-state index in [2.05, 4.69) is 12.2 Å². The van der Waals surface area contributed by atoms with E-state index in [-0.39, 0.29) is 18.1 Å². The summed E-state index contributed by atoms with van der Waals surface area (Å²) in [5.41, 5.74) is 1.96. The van der Waals surface area contributed by atoms with Crippen LogP contribution in [-0.4, -0.2) is 42.8 Å². The standard InChI is InChI=1S/C25H29NO7S/c1-5-32-25(30)22-17-9-6-14(2)12-20(17)34-24(22)26-23(29)15(3)33-21(28)11-8-16-7-10-18(27)19(13-16)31-4/h7-8,10-11,13-15,27H,5-6,9,12H2,1-4H3,(H,26,29)/b11-8+/t14-,15+/m0/s1. The molecule has 1 aliphatic rings. The number of amides is 1. The van der Waals surface area contributed by atoms with Crippen LogP contribution in [0.5, 0.6) is 11.5 Å². The SMILES string of the molecule is CCOC(=O)c1c(NC(=O)[C@@H](C)OC(=O)/C=C/c2ccc(O)c(OC)c2)sc2c1CC[C@H](C)C2. The van der Waals surface area contributed by atoms with Crippen LogP contribution in [0.3, 0.4) is 0 Å². The topological polar surface area (TPSA) is 111 Å². The van der Waals surface area contributed by atoms with Crippen molar-refractivity contribution < 1.29 is 33.7 Å². The second kappa shape index (κ2) is 11.2. The first-order valence-corrected chi connectivity index (χ1v) is 11.9. The van der Waals surface area contributed by atoms with Crippen molar-refractivity contribution in [2.45, 2.75) is 46.1 Å². The summed E-state index contributed by atoms with van der Waals surface area (Å²) in [4.78, 5) is 38.7. The molecule has 0 aliphatic heterocycles. The van der Waals surface area contributed by atoms with Crippen molar-refractivity contribution >= 4 is 40.3 Å². The number of fused-ring (bicyclic) bond motifs is 1. The molecule has 1 amide bonds. The van der Waals surface area contributed by atoms with E-state index < -0.39 is 23.9 Å². The van der Waals surface area contributed by atoms with Gasteiger partial charge in [0.15, 0.2) is 17.6 Å². The number of phenolic OH excluding ortho intramolecular Hbond substituents is 1. The number of hydrogen-bond acceptors (Lipinski definition) is 8. The third-order valence-electron chi connectivity index (χ3n) is 5.51. The molecule has 3 rings (SSSR count). The van der Waals surface area contributed by atoms with E-state index in [0.29, 0.717) is 22.0 Å². The normalized spacial score (nSPS) is 15.9. The van der Waals surface area contributed by atoms with Crippen LogP contribution in [0.1, 0.15) is 53.6 Å². The number of aromatic hydroxyl groups is 1. The number of esters is 2. The van der Waals surface area contributed by atoms with Crippen molar-refractivity contribution in [2.75, 3.05) is 19.0 Å². The first-order valence-electron chi connectivity index (χ1n) is 11.1. The fourth-order valence-electron chi connectivity index (χ4n) is 3.70. The van der Waals surface area contributed by atoms with Gasteiger partial charge in [0, 0.05) is 11.0 Å². The molecule has 0 spiro atoms. The summed E-state index contributed by atoms with van der Waals surface area (Å²) in [5.74, 6) is -0.940. The molecule has 34 heavy (non-hydrogen) atoms. The van der Waals surface area contributed by atoms with Gasteiger partial charge in [-0.15, -0.1) is 11.3 Å². The molecule has 0 saturated heterocycles. The quantitative estimate of drug-likeness (QED) is 0.421. The van der Waals surface area contributed by atoms with Crippen LogP contribution in [0.2, 0.25) is 0 Å². The van der Waals surface area contributed by atoms with Gasteiger partial charge < -0.3 is 24.6 Å². The fraction of sp³-hybridized carbons (Fsp3) is 0.400. The van der Waals surface area contributed by atoms with Crippen LogP contribution in [-0.2, 0) is 31.9 Å². The molecule has 0 bridgehead atoms. The Labute approximate surface area is 202 Å². The molecule has 2 atom stereocenters. The fourth-order valence-corrected chi connectivity index (χ4v) is 5.10. The van der Waals surface area contributed by atoms with Crippen LogP contribution in [0.15, 0.2) is 24.3 Å². The first-order chi connectivity index (χ1) is 16.2. The molecule has 2 aromatic rings. The Morgan fingerprint density at radius 2 is 2.09 bits per heavy atom. The van der Waals surface area contributed by atoms with Crippen LogP contribution in [0.25, 0.3) is 6.08 Å². The second-order valence-corrected chi connectivity index (χ2v) is 9.21. The van der Waals surface area contributed by atoms with Crippen molar-refractivity contribution in [3.05, 3.63) is 45.8 Å². The number of ether oxygens (including phenoxy) is 3. The molecule has 2 N–H and O–H groups in total. The predicted octanol–water partition coefficient (Wildman–Crippen LogP) is 4.35. The number of thiophene rings is 1. The van der Waals surface area contributed by atoms with Crippen LogP contribution >= 0.6 is 11.3 Å². The molecule has 0 radical (unpaired) electrons. The highest BCUT2D eigenvalue weighted by molar-refractivity contribution is 7.17. The molecule has 0 saturated carbocycles. The summed E-state index contributed by atoms with van der Waals surface area (Å²) in [6.45, 7) is 5.60. The van der Waals surface area contributed by atoms with Crippen LogP contribution in [0, 0.1) is 5.92 Å². The maximum absolute atomic E-state index is 12.8. The maximum atomic E-state index is 12.8. The molecule has 0 unspecified atom stereocenters. The summed E-state index contributed by atoms with van der Waals surface area (Å²) < 4.78 is 15.5. The Morgan fingerprint density at radius 3 is 2.79 bits per heavy atom. The number of rotatable bonds is 8. The Balaban J connectivity index is 1.68. The Hall–Kier alpha value is -3.33. The average molecular weight is 488 g/mol. The van der Waals surface area contributed by atoms with E-state index in [4.69, 9.17) is 14.2 Å². The third-order valence-corrected chi connectivity index (χ3v) is 6.68. The third kappa shape index (κ3) is 5.96. The minimum Gasteiger partial charge on any atom is -0.504 e. The highest BCUT2D eigenvalue weighted by Crippen LogP contribution is 2.40. The van der Waals surface area contributed by atoms with Gasteiger partial charge >= 0.3 is 11.9 Å². The molecule has 182 valence electrons. The van der Waals surface area contributed by atoms with Gasteiger partial charge in [0.05, 0.1) is 19.3 Å². The lowest BCUT2D eigenvalue weighted by atomic mass is 9.88. The number of nitrogens with one attached hydrogen (secondary N) is 1. The van der Waals surface area contributed by atoms with Gasteiger partial charge in [-0.05, 0) is 68.4 Å². The van der Waals surface area contributed by atoms with Gasteiger partial charge in [0.25, 0.3) is 5.91 Å². The number of methoxy groups -OCH3 is 1. The first kappa shape index (κ1) is 25.3. The van der Waals surface area contributed by atoms with Gasteiger partial charge in [-0.3, -0.25) is 4.79 Å². The highest BCUT2D eigenvalue weighted by atomic mass is 32.1. The number of carbonyl (C=O) groups excluding carboxylic acids is 3. The lowest BCUT2D eigenvalue weighted by molar-refractivity contribution is -0.148. The zero-order valence-corrected chi connectivity index (χ0v) is 20.5. The van der Waals surface area contributed by atoms with Gasteiger partial charge in [-0.1, -0.05) is 13.0 Å². The molecule has 1 aromatic carbocycles. The minimum atomic E-state index is -1.08. The van der Waals surface area contributed by atoms with Crippen LogP contribution < -0.4 is 10.1 Å². The molecule has 9 heteroatoms. The molecule has 8 nitrogen and oxygen atoms in total. The average Bonchev–Trinajstić information content (AvgIpc) is 3.15. The Kier molecular flexibility index (Phi) is 8.33. The van der Waals surface area contributed by atoms with Crippen molar-refractivity contribution in [1.29, 1.82) is 0 Å². The van der Waals surface area contributed by atoms with Crippen molar-refractivity contribution in [1.82, 2.24) is 0 Å². The number of hydrogen-bond donors (Lipinski definition) is 2. The highest BCUT2D eigenvalue weighted by Gasteiger charge is 2.30. The zero-order valence-electron chi connectivity index (χ0n) is 19.7. The second-order valence-electron chi connectivity index (χ2n) is 8.11. The maximum Gasteiger partial charge on any atom is 0.341 e. The van der Waals surface area contributed by atoms with Crippen LogP contribution in [0.4, 0.5) is 5.00 Å². The molecule has 1 aromatic heterocycles. The summed E-state index contributed by atoms with van der Waals surface area (Å²) >= 11 is 1.38. The number of carbonyl (C=O) groups is 3. The minimum absolute atomic E-state index is 0.0144. The molecular weight excluding hydrogens is 458 g/mol. The van der Waals surface area contributed by atoms with Gasteiger partial charge in [-0.2, -0.15) is 0 Å². The number of benzene rings is 1. The smallest absolute Gasteiger partial charge is 0.341 e. The van der Waals surface area contributed by atoms with E-state index in [1.165, 1.54) is 43.6 Å². The number of anilines is 1. The summed E-state index contributed by atoms with van der Waals surface area (Å²) in [5, 5.41) is 12.8. The van der Waals surface area contributed by atoms with Gasteiger partial charge in [-0.25, -0.2) is 9.59 Å². The molecular formula is C25H29NO7S. The Bertz CT molecular complexity index is 1100. The number of phenols is 1. The van der Waals surface area contributed by atoms with E-state index in [0.717, 1.165) is 29.7 Å². The van der Waals surface area contributed by atoms with Crippen molar-refractivity contribution in [3.8, 4) is 11.5 Å². The zero-order chi connectivity index (χ0) is 24.8. The molecule has 1 aliphatic carbocycles. The van der Waals surface area contributed by atoms with Gasteiger partial charge in [0.1, 0.15) is 5.00 Å². The van der Waals surface area contributed by atoms with Crippen molar-refractivity contribution in [3.63, 3.8) is 0 Å². The summed E-state index contributed by atoms with van der Waals surface area (Å²) in [7, 11) is 1.43. The largest absolute Gasteiger partial charge is 0.504 e.